The molecule has 1 heterocycles. The minimum atomic E-state index is 1.16. The van der Waals surface area contributed by atoms with Gasteiger partial charge in [0.15, 0.2) is 0 Å². The van der Waals surface area contributed by atoms with Crippen molar-refractivity contribution in [1.29, 1.82) is 0 Å². The molecule has 0 saturated carbocycles. The molecule has 0 bridgehead atoms. The number of anilines is 2. The number of aromatic nitrogens is 1. The first-order chi connectivity index (χ1) is 21.2. The third kappa shape index (κ3) is 4.36. The first kappa shape index (κ1) is 25.1. The molecule has 0 atom stereocenters. The van der Waals surface area contributed by atoms with Crippen LogP contribution in [0.25, 0.3) is 60.5 Å². The molecule has 8 rings (SSSR count). The lowest BCUT2D eigenvalue weighted by molar-refractivity contribution is 1.18. The van der Waals surface area contributed by atoms with Crippen molar-refractivity contribution < 1.29 is 0 Å². The summed E-state index contributed by atoms with van der Waals surface area (Å²) in [6, 6.07) is 59.0. The van der Waals surface area contributed by atoms with E-state index in [-0.39, 0.29) is 0 Å². The van der Waals surface area contributed by atoms with Gasteiger partial charge in [-0.15, -0.1) is 0 Å². The normalized spacial score (nSPS) is 11.4. The van der Waals surface area contributed by atoms with Crippen molar-refractivity contribution in [2.75, 3.05) is 11.9 Å². The molecule has 0 aliphatic rings. The smallest absolute Gasteiger partial charge is 0.0547 e. The first-order valence-corrected chi connectivity index (χ1v) is 14.8. The molecule has 8 aromatic rings. The van der Waals surface area contributed by atoms with Crippen molar-refractivity contribution in [3.63, 3.8) is 0 Å². The van der Waals surface area contributed by atoms with Crippen molar-refractivity contribution in [1.82, 2.24) is 4.57 Å². The molecule has 0 saturated heterocycles. The fraction of sp³-hybridized carbons (Fsp3) is 0.0244. The Balaban J connectivity index is 1.27. The molecule has 1 aromatic heterocycles. The Labute approximate surface area is 251 Å². The second kappa shape index (κ2) is 10.3. The van der Waals surface area contributed by atoms with Crippen LogP contribution in [0.15, 0.2) is 164 Å². The standard InChI is InChI=1S/C41H30N2/c1-42(34-13-6-3-7-14-34)35-22-16-31(17-23-35)33-21-26-39-38(28-33)41-37-15-9-8-12-32(37)20-27-40(41)43(39)36-24-18-30(19-25-36)29-10-4-2-5-11-29/h2-28H,1H3. The van der Waals surface area contributed by atoms with E-state index >= 15 is 0 Å². The molecule has 2 heteroatoms. The van der Waals surface area contributed by atoms with Crippen LogP contribution in [0.4, 0.5) is 11.4 Å². The molecule has 0 radical (unpaired) electrons. The van der Waals surface area contributed by atoms with E-state index in [1.165, 1.54) is 60.5 Å². The zero-order valence-electron chi connectivity index (χ0n) is 24.0. The molecule has 0 aliphatic heterocycles. The quantitative estimate of drug-likeness (QED) is 0.207. The van der Waals surface area contributed by atoms with Crippen LogP contribution in [0.3, 0.4) is 0 Å². The summed E-state index contributed by atoms with van der Waals surface area (Å²) in [5.41, 5.74) is 10.8. The number of benzene rings is 7. The number of rotatable bonds is 5. The molecule has 0 spiro atoms. The fourth-order valence-corrected chi connectivity index (χ4v) is 6.36. The minimum Gasteiger partial charge on any atom is -0.345 e. The monoisotopic (exact) mass is 550 g/mol. The fourth-order valence-electron chi connectivity index (χ4n) is 6.36. The van der Waals surface area contributed by atoms with Crippen LogP contribution in [-0.4, -0.2) is 11.6 Å². The van der Waals surface area contributed by atoms with Gasteiger partial charge in [0, 0.05) is 34.9 Å². The zero-order valence-corrected chi connectivity index (χ0v) is 24.0. The second-order valence-corrected chi connectivity index (χ2v) is 11.1. The van der Waals surface area contributed by atoms with Gasteiger partial charge in [-0.05, 0) is 87.6 Å². The Kier molecular flexibility index (Phi) is 6.05. The molecule has 7 aromatic carbocycles. The molecule has 0 amide bonds. The average molecular weight is 551 g/mol. The molecule has 0 N–H and O–H groups in total. The summed E-state index contributed by atoms with van der Waals surface area (Å²) < 4.78 is 2.41. The summed E-state index contributed by atoms with van der Waals surface area (Å²) in [6.45, 7) is 0. The van der Waals surface area contributed by atoms with E-state index < -0.39 is 0 Å². The van der Waals surface area contributed by atoms with E-state index in [0.717, 1.165) is 11.4 Å². The van der Waals surface area contributed by atoms with Crippen molar-refractivity contribution >= 4 is 44.0 Å². The SMILES string of the molecule is CN(c1ccccc1)c1ccc(-c2ccc3c(c2)c2c4ccccc4ccc2n3-c2ccc(-c3ccccc3)cc2)cc1. The molecule has 2 nitrogen and oxygen atoms in total. The average Bonchev–Trinajstić information content (AvgIpc) is 3.43. The van der Waals surface area contributed by atoms with Gasteiger partial charge in [-0.1, -0.05) is 109 Å². The molecule has 204 valence electrons. The van der Waals surface area contributed by atoms with Crippen LogP contribution in [0.5, 0.6) is 0 Å². The maximum absolute atomic E-state index is 2.41. The van der Waals surface area contributed by atoms with Crippen molar-refractivity contribution in [3.05, 3.63) is 164 Å². The van der Waals surface area contributed by atoms with E-state index in [9.17, 15) is 0 Å². The summed E-state index contributed by atoms with van der Waals surface area (Å²) >= 11 is 0. The molecule has 43 heavy (non-hydrogen) atoms. The number of hydrogen-bond acceptors (Lipinski definition) is 1. The van der Waals surface area contributed by atoms with Gasteiger partial charge in [-0.25, -0.2) is 0 Å². The third-order valence-electron chi connectivity index (χ3n) is 8.62. The zero-order chi connectivity index (χ0) is 28.8. The number of nitrogens with zero attached hydrogens (tertiary/aromatic N) is 2. The van der Waals surface area contributed by atoms with Gasteiger partial charge in [-0.3, -0.25) is 0 Å². The van der Waals surface area contributed by atoms with Gasteiger partial charge in [0.2, 0.25) is 0 Å². The summed E-state index contributed by atoms with van der Waals surface area (Å²) in [5.74, 6) is 0. The van der Waals surface area contributed by atoms with Crippen molar-refractivity contribution in [3.8, 4) is 27.9 Å². The van der Waals surface area contributed by atoms with Gasteiger partial charge in [0.05, 0.1) is 11.0 Å². The first-order valence-electron chi connectivity index (χ1n) is 14.8. The Morgan fingerprint density at radius 2 is 0.977 bits per heavy atom. The highest BCUT2D eigenvalue weighted by Crippen LogP contribution is 2.39. The van der Waals surface area contributed by atoms with Crippen molar-refractivity contribution in [2.45, 2.75) is 0 Å². The van der Waals surface area contributed by atoms with E-state index in [1.807, 2.05) is 0 Å². The van der Waals surface area contributed by atoms with Crippen LogP contribution in [-0.2, 0) is 0 Å². The predicted molar refractivity (Wildman–Crippen MR) is 184 cm³/mol. The van der Waals surface area contributed by atoms with E-state index in [2.05, 4.69) is 180 Å². The van der Waals surface area contributed by atoms with Crippen LogP contribution < -0.4 is 4.90 Å². The second-order valence-electron chi connectivity index (χ2n) is 11.1. The van der Waals surface area contributed by atoms with Crippen LogP contribution in [0.2, 0.25) is 0 Å². The van der Waals surface area contributed by atoms with Gasteiger partial charge in [-0.2, -0.15) is 0 Å². The molecule has 0 unspecified atom stereocenters. The summed E-state index contributed by atoms with van der Waals surface area (Å²) in [7, 11) is 2.11. The number of hydrogen-bond donors (Lipinski definition) is 0. The minimum absolute atomic E-state index is 1.16. The van der Waals surface area contributed by atoms with Crippen LogP contribution in [0.1, 0.15) is 0 Å². The Morgan fingerprint density at radius 1 is 0.419 bits per heavy atom. The number of fused-ring (bicyclic) bond motifs is 5. The van der Waals surface area contributed by atoms with Gasteiger partial charge in [0.25, 0.3) is 0 Å². The van der Waals surface area contributed by atoms with Crippen LogP contribution in [0, 0.1) is 0 Å². The molecule has 0 fully saturated rings. The molecular formula is C41H30N2. The summed E-state index contributed by atoms with van der Waals surface area (Å²) in [5, 5.41) is 5.10. The Morgan fingerprint density at radius 3 is 1.74 bits per heavy atom. The largest absolute Gasteiger partial charge is 0.345 e. The van der Waals surface area contributed by atoms with Gasteiger partial charge >= 0.3 is 0 Å². The lowest BCUT2D eigenvalue weighted by atomic mass is 10.00. The predicted octanol–water partition coefficient (Wildman–Crippen LogP) is 11.0. The summed E-state index contributed by atoms with van der Waals surface area (Å²) in [6.07, 6.45) is 0. The molecule has 0 aliphatic carbocycles. The van der Waals surface area contributed by atoms with Gasteiger partial charge in [0.1, 0.15) is 0 Å². The summed E-state index contributed by atoms with van der Waals surface area (Å²) in [4.78, 5) is 2.22. The lowest BCUT2D eigenvalue weighted by Gasteiger charge is -2.19. The lowest BCUT2D eigenvalue weighted by Crippen LogP contribution is -2.08. The Bertz CT molecular complexity index is 2210. The topological polar surface area (TPSA) is 8.17 Å². The highest BCUT2D eigenvalue weighted by atomic mass is 15.1. The van der Waals surface area contributed by atoms with E-state index in [4.69, 9.17) is 0 Å². The Hall–Kier alpha value is -5.60. The maximum Gasteiger partial charge on any atom is 0.0547 e. The number of para-hydroxylation sites is 1. The third-order valence-corrected chi connectivity index (χ3v) is 8.62. The highest BCUT2D eigenvalue weighted by molar-refractivity contribution is 6.21. The molecular weight excluding hydrogens is 520 g/mol. The van der Waals surface area contributed by atoms with Crippen LogP contribution >= 0.6 is 0 Å². The van der Waals surface area contributed by atoms with Crippen molar-refractivity contribution in [2.24, 2.45) is 0 Å². The van der Waals surface area contributed by atoms with Gasteiger partial charge < -0.3 is 9.47 Å². The highest BCUT2D eigenvalue weighted by Gasteiger charge is 2.16. The van der Waals surface area contributed by atoms with E-state index in [0.29, 0.717) is 0 Å². The van der Waals surface area contributed by atoms with E-state index in [1.54, 1.807) is 0 Å². The maximum atomic E-state index is 2.41.